The second-order valence-electron chi connectivity index (χ2n) is 9.48. The summed E-state index contributed by atoms with van der Waals surface area (Å²) in [6.45, 7) is 3.36. The van der Waals surface area contributed by atoms with E-state index in [1.165, 1.54) is 0 Å². The maximum atomic E-state index is 13.5. The molecular formula is C27H28N4O5. The highest BCUT2D eigenvalue weighted by Gasteiger charge is 2.55. The second kappa shape index (κ2) is 9.07. The first-order valence-electron chi connectivity index (χ1n) is 12.3. The summed E-state index contributed by atoms with van der Waals surface area (Å²) in [5, 5.41) is 13.4. The average molecular weight is 489 g/mol. The fourth-order valence-corrected chi connectivity index (χ4v) is 6.06. The molecule has 3 aliphatic rings. The first-order chi connectivity index (χ1) is 17.6. The van der Waals surface area contributed by atoms with Gasteiger partial charge < -0.3 is 24.5 Å². The van der Waals surface area contributed by atoms with Gasteiger partial charge in [0, 0.05) is 67.3 Å². The third kappa shape index (κ3) is 3.58. The third-order valence-electron chi connectivity index (χ3n) is 7.59. The number of fused-ring (bicyclic) bond motifs is 4. The van der Waals surface area contributed by atoms with Gasteiger partial charge in [-0.15, -0.1) is 0 Å². The van der Waals surface area contributed by atoms with Gasteiger partial charge >= 0.3 is 0 Å². The van der Waals surface area contributed by atoms with E-state index in [-0.39, 0.29) is 42.7 Å². The van der Waals surface area contributed by atoms with E-state index in [0.29, 0.717) is 36.7 Å². The normalized spacial score (nSPS) is 23.9. The SMILES string of the molecule is CCNC(=O)[C@@H]1[C@@H](CO)[C@@H]2Cn3c(ccc(-c4cccnc4)c3=O)[C@@H]2N1Cc1ccc2c(c1)OCO2. The molecule has 1 amide bonds. The summed E-state index contributed by atoms with van der Waals surface area (Å²) in [4.78, 5) is 33.1. The Labute approximate surface area is 208 Å². The van der Waals surface area contributed by atoms with E-state index >= 15 is 0 Å². The molecule has 0 bridgehead atoms. The number of aliphatic hydroxyl groups is 1. The monoisotopic (exact) mass is 488 g/mol. The number of rotatable bonds is 6. The van der Waals surface area contributed by atoms with Gasteiger partial charge in [-0.2, -0.15) is 0 Å². The van der Waals surface area contributed by atoms with Gasteiger partial charge in [0.25, 0.3) is 5.56 Å². The van der Waals surface area contributed by atoms with Gasteiger partial charge in [0.05, 0.1) is 12.1 Å². The molecule has 0 aliphatic carbocycles. The molecule has 1 aromatic carbocycles. The average Bonchev–Trinajstić information content (AvgIpc) is 3.58. The van der Waals surface area contributed by atoms with Gasteiger partial charge in [-0.05, 0) is 42.8 Å². The third-order valence-corrected chi connectivity index (χ3v) is 7.59. The van der Waals surface area contributed by atoms with Crippen LogP contribution in [-0.4, -0.2) is 51.5 Å². The number of aromatic nitrogens is 2. The highest BCUT2D eigenvalue weighted by Crippen LogP contribution is 2.50. The second-order valence-corrected chi connectivity index (χ2v) is 9.48. The van der Waals surface area contributed by atoms with Crippen LogP contribution < -0.4 is 20.3 Å². The van der Waals surface area contributed by atoms with E-state index in [4.69, 9.17) is 9.47 Å². The number of carbonyl (C=O) groups excluding carboxylic acids is 1. The van der Waals surface area contributed by atoms with E-state index in [1.807, 2.05) is 49.4 Å². The fraction of sp³-hybridized carbons (Fsp3) is 0.370. The van der Waals surface area contributed by atoms with E-state index < -0.39 is 6.04 Å². The number of nitrogens with one attached hydrogen (secondary N) is 1. The van der Waals surface area contributed by atoms with Gasteiger partial charge in [-0.3, -0.25) is 19.5 Å². The number of aliphatic hydroxyl groups excluding tert-OH is 1. The molecule has 0 spiro atoms. The standard InChI is InChI=1S/C27H28N4O5/c1-2-29-26(33)25-20(14-32)19-13-30-21(7-6-18(27(30)34)17-4-3-9-28-11-17)24(19)31(25)12-16-5-8-22-23(10-16)36-15-35-22/h3-11,19-20,24-25,32H,2,12-15H2,1H3,(H,29,33)/t19-,20-,24+,25-/m0/s1. The molecular weight excluding hydrogens is 460 g/mol. The zero-order chi connectivity index (χ0) is 24.8. The lowest BCUT2D eigenvalue weighted by atomic mass is 9.88. The Bertz CT molecular complexity index is 1360. The molecule has 0 saturated carbocycles. The number of amides is 1. The van der Waals surface area contributed by atoms with Crippen LogP contribution in [0.15, 0.2) is 59.7 Å². The molecule has 0 radical (unpaired) electrons. The van der Waals surface area contributed by atoms with Crippen molar-refractivity contribution in [2.75, 3.05) is 19.9 Å². The largest absolute Gasteiger partial charge is 0.454 e. The number of likely N-dealkylation sites (tertiary alicyclic amines) is 1. The quantitative estimate of drug-likeness (QED) is 0.546. The van der Waals surface area contributed by atoms with Gasteiger partial charge in [0.2, 0.25) is 12.7 Å². The van der Waals surface area contributed by atoms with Crippen LogP contribution >= 0.6 is 0 Å². The van der Waals surface area contributed by atoms with Gasteiger partial charge in [-0.1, -0.05) is 12.1 Å². The molecule has 0 unspecified atom stereocenters. The maximum absolute atomic E-state index is 13.5. The molecule has 9 heteroatoms. The van der Waals surface area contributed by atoms with Crippen LogP contribution in [0, 0.1) is 11.8 Å². The number of hydrogen-bond donors (Lipinski definition) is 2. The minimum absolute atomic E-state index is 0.0755. The number of benzene rings is 1. The summed E-state index contributed by atoms with van der Waals surface area (Å²) in [5.41, 5.74) is 3.12. The van der Waals surface area contributed by atoms with E-state index in [0.717, 1.165) is 16.8 Å². The van der Waals surface area contributed by atoms with Crippen LogP contribution in [0.2, 0.25) is 0 Å². The summed E-state index contributed by atoms with van der Waals surface area (Å²) in [7, 11) is 0. The molecule has 1 fully saturated rings. The molecule has 4 atom stereocenters. The van der Waals surface area contributed by atoms with Crippen molar-refractivity contribution < 1.29 is 19.4 Å². The lowest BCUT2D eigenvalue weighted by molar-refractivity contribution is -0.127. The van der Waals surface area contributed by atoms with Crippen molar-refractivity contribution >= 4 is 5.91 Å². The fourth-order valence-electron chi connectivity index (χ4n) is 6.06. The molecule has 3 aliphatic heterocycles. The number of nitrogens with zero attached hydrogens (tertiary/aromatic N) is 3. The Morgan fingerprint density at radius 1 is 1.19 bits per heavy atom. The Morgan fingerprint density at radius 2 is 2.06 bits per heavy atom. The van der Waals surface area contributed by atoms with Crippen molar-refractivity contribution in [1.29, 1.82) is 0 Å². The van der Waals surface area contributed by atoms with Gasteiger partial charge in [0.1, 0.15) is 0 Å². The highest BCUT2D eigenvalue weighted by molar-refractivity contribution is 5.82. The summed E-state index contributed by atoms with van der Waals surface area (Å²) in [6, 6.07) is 12.6. The van der Waals surface area contributed by atoms with Crippen molar-refractivity contribution in [3.8, 4) is 22.6 Å². The number of likely N-dealkylation sites (N-methyl/N-ethyl adjacent to an activating group) is 1. The molecule has 3 aromatic rings. The van der Waals surface area contributed by atoms with Crippen molar-refractivity contribution in [1.82, 2.24) is 19.8 Å². The van der Waals surface area contributed by atoms with Crippen molar-refractivity contribution in [2.45, 2.75) is 32.1 Å². The van der Waals surface area contributed by atoms with E-state index in [9.17, 15) is 14.7 Å². The van der Waals surface area contributed by atoms with Crippen LogP contribution in [0.3, 0.4) is 0 Å². The zero-order valence-corrected chi connectivity index (χ0v) is 20.0. The number of carbonyl (C=O) groups is 1. The molecule has 2 aromatic heterocycles. The van der Waals surface area contributed by atoms with Crippen molar-refractivity contribution in [3.63, 3.8) is 0 Å². The predicted octanol–water partition coefficient (Wildman–Crippen LogP) is 1.94. The minimum atomic E-state index is -0.516. The molecule has 5 heterocycles. The van der Waals surface area contributed by atoms with Crippen LogP contribution in [0.5, 0.6) is 11.5 Å². The zero-order valence-electron chi connectivity index (χ0n) is 20.0. The minimum Gasteiger partial charge on any atom is -0.454 e. The Morgan fingerprint density at radius 3 is 2.83 bits per heavy atom. The lowest BCUT2D eigenvalue weighted by Gasteiger charge is -2.31. The van der Waals surface area contributed by atoms with Crippen LogP contribution in [0.25, 0.3) is 11.1 Å². The number of hydrogen-bond acceptors (Lipinski definition) is 7. The lowest BCUT2D eigenvalue weighted by Crippen LogP contribution is -2.48. The maximum Gasteiger partial charge on any atom is 0.258 e. The number of ether oxygens (including phenoxy) is 2. The Balaban J connectivity index is 1.42. The molecule has 2 N–H and O–H groups in total. The molecule has 9 nitrogen and oxygen atoms in total. The summed E-state index contributed by atoms with van der Waals surface area (Å²) in [5.74, 6) is 0.894. The van der Waals surface area contributed by atoms with Crippen LogP contribution in [-0.2, 0) is 17.9 Å². The van der Waals surface area contributed by atoms with Gasteiger partial charge in [0.15, 0.2) is 11.5 Å². The predicted molar refractivity (Wildman–Crippen MR) is 131 cm³/mol. The Kier molecular flexibility index (Phi) is 5.73. The smallest absolute Gasteiger partial charge is 0.258 e. The summed E-state index contributed by atoms with van der Waals surface area (Å²) in [6.07, 6.45) is 3.37. The van der Waals surface area contributed by atoms with Crippen LogP contribution in [0.4, 0.5) is 0 Å². The molecule has 186 valence electrons. The highest BCUT2D eigenvalue weighted by atomic mass is 16.7. The molecule has 6 rings (SSSR count). The number of pyridine rings is 2. The van der Waals surface area contributed by atoms with Crippen LogP contribution in [0.1, 0.15) is 24.2 Å². The van der Waals surface area contributed by atoms with Gasteiger partial charge in [-0.25, -0.2) is 0 Å². The summed E-state index contributed by atoms with van der Waals surface area (Å²) >= 11 is 0. The summed E-state index contributed by atoms with van der Waals surface area (Å²) < 4.78 is 12.8. The van der Waals surface area contributed by atoms with E-state index in [1.54, 1.807) is 17.0 Å². The first kappa shape index (κ1) is 22.8. The Hall–Kier alpha value is -3.69. The van der Waals surface area contributed by atoms with Crippen molar-refractivity contribution in [3.05, 3.63) is 76.5 Å². The topological polar surface area (TPSA) is 106 Å². The molecule has 36 heavy (non-hydrogen) atoms. The molecule has 1 saturated heterocycles. The first-order valence-corrected chi connectivity index (χ1v) is 12.3. The van der Waals surface area contributed by atoms with Crippen molar-refractivity contribution in [2.24, 2.45) is 11.8 Å². The van der Waals surface area contributed by atoms with E-state index in [2.05, 4.69) is 15.2 Å².